The second-order valence-corrected chi connectivity index (χ2v) is 8.77. The molecule has 2 amide bonds. The minimum Gasteiger partial charge on any atom is -0.493 e. The molecule has 2 atom stereocenters. The van der Waals surface area contributed by atoms with Gasteiger partial charge < -0.3 is 33.9 Å². The minimum absolute atomic E-state index is 0.198. The van der Waals surface area contributed by atoms with Crippen molar-refractivity contribution in [3.05, 3.63) is 76.9 Å². The molecule has 1 aliphatic rings. The highest BCUT2D eigenvalue weighted by Gasteiger charge is 2.44. The molecule has 0 spiro atoms. The summed E-state index contributed by atoms with van der Waals surface area (Å²) in [4.78, 5) is 41.6. The number of ether oxygens (including phenoxy) is 5. The molecule has 4 rings (SSSR count). The molecule has 0 unspecified atom stereocenters. The van der Waals surface area contributed by atoms with Crippen LogP contribution < -0.4 is 24.3 Å². The largest absolute Gasteiger partial charge is 0.493 e. The minimum atomic E-state index is -0.911. The van der Waals surface area contributed by atoms with Crippen molar-refractivity contribution in [1.29, 1.82) is 0 Å². The van der Waals surface area contributed by atoms with Gasteiger partial charge in [-0.3, -0.25) is 9.59 Å². The molecular formula is C29H30N2O8. The van der Waals surface area contributed by atoms with Gasteiger partial charge in [0, 0.05) is 12.6 Å². The van der Waals surface area contributed by atoms with Crippen LogP contribution in [0.2, 0.25) is 0 Å². The van der Waals surface area contributed by atoms with E-state index in [1.807, 2.05) is 0 Å². The van der Waals surface area contributed by atoms with Crippen LogP contribution in [0.15, 0.2) is 54.6 Å². The number of likely N-dealkylation sites (N-methyl/N-ethyl adjacent to an activating group) is 1. The first-order valence-corrected chi connectivity index (χ1v) is 12.0. The van der Waals surface area contributed by atoms with Crippen LogP contribution in [0.4, 0.5) is 5.69 Å². The predicted molar refractivity (Wildman–Crippen MR) is 143 cm³/mol. The molecular weight excluding hydrogens is 504 g/mol. The van der Waals surface area contributed by atoms with Crippen LogP contribution in [-0.2, 0) is 9.53 Å². The number of fused-ring (bicyclic) bond motifs is 1. The zero-order valence-corrected chi connectivity index (χ0v) is 22.6. The van der Waals surface area contributed by atoms with Crippen molar-refractivity contribution in [1.82, 2.24) is 4.90 Å². The highest BCUT2D eigenvalue weighted by molar-refractivity contribution is 6.07. The first kappa shape index (κ1) is 27.3. The number of hydrogen-bond acceptors (Lipinski definition) is 8. The Bertz CT molecular complexity index is 1420. The van der Waals surface area contributed by atoms with Crippen molar-refractivity contribution in [2.24, 2.45) is 0 Å². The van der Waals surface area contributed by atoms with Crippen LogP contribution in [0, 0.1) is 0 Å². The zero-order chi connectivity index (χ0) is 28.3. The summed E-state index contributed by atoms with van der Waals surface area (Å²) >= 11 is 0. The van der Waals surface area contributed by atoms with Crippen molar-refractivity contribution in [2.45, 2.75) is 12.0 Å². The number of rotatable bonds is 8. The maximum Gasteiger partial charge on any atom is 0.339 e. The molecule has 0 aromatic heterocycles. The molecule has 10 nitrogen and oxygen atoms in total. The maximum absolute atomic E-state index is 14.1. The third kappa shape index (κ3) is 4.93. The summed E-state index contributed by atoms with van der Waals surface area (Å²) in [5.74, 6) is -0.569. The second kappa shape index (κ2) is 11.3. The Morgan fingerprint density at radius 2 is 1.41 bits per heavy atom. The molecule has 0 saturated heterocycles. The monoisotopic (exact) mass is 534 g/mol. The van der Waals surface area contributed by atoms with Crippen molar-refractivity contribution in [2.75, 3.05) is 47.9 Å². The van der Waals surface area contributed by atoms with Crippen molar-refractivity contribution in [3.63, 3.8) is 0 Å². The van der Waals surface area contributed by atoms with Gasteiger partial charge in [0.25, 0.3) is 5.91 Å². The number of amides is 2. The van der Waals surface area contributed by atoms with Crippen LogP contribution in [0.3, 0.4) is 0 Å². The summed E-state index contributed by atoms with van der Waals surface area (Å²) in [6.45, 7) is 0. The van der Waals surface area contributed by atoms with Gasteiger partial charge in [0.15, 0.2) is 23.0 Å². The normalized spacial score (nSPS) is 16.2. The van der Waals surface area contributed by atoms with E-state index in [1.165, 1.54) is 40.4 Å². The molecule has 10 heteroatoms. The molecule has 0 aliphatic carbocycles. The van der Waals surface area contributed by atoms with E-state index in [1.54, 1.807) is 61.6 Å². The third-order valence-electron chi connectivity index (χ3n) is 6.80. The number of hydrogen-bond donors (Lipinski definition) is 1. The zero-order valence-electron chi connectivity index (χ0n) is 22.6. The van der Waals surface area contributed by atoms with E-state index in [2.05, 4.69) is 5.32 Å². The van der Waals surface area contributed by atoms with Crippen LogP contribution in [-0.4, -0.2) is 65.3 Å². The Balaban J connectivity index is 1.91. The van der Waals surface area contributed by atoms with Crippen LogP contribution in [0.25, 0.3) is 0 Å². The fraction of sp³-hybridized carbons (Fsp3) is 0.276. The van der Waals surface area contributed by atoms with Gasteiger partial charge in [-0.1, -0.05) is 18.2 Å². The molecule has 1 aliphatic heterocycles. The first-order chi connectivity index (χ1) is 18.8. The van der Waals surface area contributed by atoms with Gasteiger partial charge in [0.2, 0.25) is 5.91 Å². The van der Waals surface area contributed by atoms with Gasteiger partial charge >= 0.3 is 5.97 Å². The fourth-order valence-corrected chi connectivity index (χ4v) is 4.88. The Kier molecular flexibility index (Phi) is 7.94. The Morgan fingerprint density at radius 3 is 2.05 bits per heavy atom. The lowest BCUT2D eigenvalue weighted by atomic mass is 9.79. The molecule has 0 saturated carbocycles. The van der Waals surface area contributed by atoms with E-state index in [4.69, 9.17) is 23.7 Å². The summed E-state index contributed by atoms with van der Waals surface area (Å²) in [5.41, 5.74) is 1.87. The topological polar surface area (TPSA) is 113 Å². The third-order valence-corrected chi connectivity index (χ3v) is 6.80. The number of esters is 1. The van der Waals surface area contributed by atoms with Crippen LogP contribution in [0.1, 0.15) is 43.8 Å². The number of anilines is 1. The molecule has 1 N–H and O–H groups in total. The molecule has 3 aromatic rings. The fourth-order valence-electron chi connectivity index (χ4n) is 4.88. The first-order valence-electron chi connectivity index (χ1n) is 12.0. The van der Waals surface area contributed by atoms with Gasteiger partial charge in [0.05, 0.1) is 58.8 Å². The SMILES string of the molecule is COC(=O)c1ccccc1NC(=O)[C@@H]1c2cc(OC)c(OC)cc2C(=O)N(C)[C@H]1c1ccc(OC)c(OC)c1. The van der Waals surface area contributed by atoms with Crippen LogP contribution >= 0.6 is 0 Å². The molecule has 0 bridgehead atoms. The van der Waals surface area contributed by atoms with E-state index in [-0.39, 0.29) is 17.2 Å². The average Bonchev–Trinajstić information content (AvgIpc) is 2.97. The van der Waals surface area contributed by atoms with Gasteiger partial charge in [-0.25, -0.2) is 4.79 Å². The van der Waals surface area contributed by atoms with E-state index in [0.717, 1.165) is 0 Å². The van der Waals surface area contributed by atoms with Crippen molar-refractivity contribution < 1.29 is 38.1 Å². The number of benzene rings is 3. The predicted octanol–water partition coefficient (Wildman–Crippen LogP) is 4.06. The van der Waals surface area contributed by atoms with E-state index >= 15 is 0 Å². The number of nitrogens with one attached hydrogen (secondary N) is 1. The van der Waals surface area contributed by atoms with Gasteiger partial charge in [0.1, 0.15) is 0 Å². The summed E-state index contributed by atoms with van der Waals surface area (Å²) in [6.07, 6.45) is 0. The smallest absolute Gasteiger partial charge is 0.339 e. The lowest BCUT2D eigenvalue weighted by Crippen LogP contribution is -2.44. The van der Waals surface area contributed by atoms with E-state index in [9.17, 15) is 14.4 Å². The second-order valence-electron chi connectivity index (χ2n) is 8.77. The van der Waals surface area contributed by atoms with E-state index < -0.39 is 23.8 Å². The van der Waals surface area contributed by atoms with Gasteiger partial charge in [-0.05, 0) is 47.5 Å². The molecule has 0 radical (unpaired) electrons. The Morgan fingerprint density at radius 1 is 0.795 bits per heavy atom. The summed E-state index contributed by atoms with van der Waals surface area (Å²) in [5, 5.41) is 2.88. The van der Waals surface area contributed by atoms with Gasteiger partial charge in [-0.15, -0.1) is 0 Å². The highest BCUT2D eigenvalue weighted by Crippen LogP contribution is 2.47. The lowest BCUT2D eigenvalue weighted by Gasteiger charge is -2.40. The quantitative estimate of drug-likeness (QED) is 0.431. The molecule has 0 fully saturated rings. The maximum atomic E-state index is 14.1. The average molecular weight is 535 g/mol. The number of carbonyl (C=O) groups is 3. The van der Waals surface area contributed by atoms with Gasteiger partial charge in [-0.2, -0.15) is 0 Å². The Hall–Kier alpha value is -4.73. The molecule has 39 heavy (non-hydrogen) atoms. The number of methoxy groups -OCH3 is 5. The lowest BCUT2D eigenvalue weighted by molar-refractivity contribution is -0.119. The molecule has 3 aromatic carbocycles. The molecule has 1 heterocycles. The highest BCUT2D eigenvalue weighted by atomic mass is 16.5. The van der Waals surface area contributed by atoms with Crippen molar-refractivity contribution >= 4 is 23.5 Å². The van der Waals surface area contributed by atoms with Crippen LogP contribution in [0.5, 0.6) is 23.0 Å². The standard InChI is InChI=1S/C29H30N2O8/c1-31-26(16-11-12-21(35-2)22(13-16)36-3)25(18-14-23(37-4)24(38-5)15-19(18)28(31)33)27(32)30-20-10-8-7-9-17(20)29(34)39-6/h7-15,25-26H,1-6H3,(H,30,32)/t25-,26+/m1/s1. The number of nitrogens with zero attached hydrogens (tertiary/aromatic N) is 1. The molecule has 204 valence electrons. The number of para-hydroxylation sites is 1. The summed E-state index contributed by atoms with van der Waals surface area (Å²) in [6, 6.07) is 14.3. The summed E-state index contributed by atoms with van der Waals surface area (Å²) < 4.78 is 26.7. The number of carbonyl (C=O) groups excluding carboxylic acids is 3. The Labute approximate surface area is 226 Å². The van der Waals surface area contributed by atoms with E-state index in [0.29, 0.717) is 39.7 Å². The summed E-state index contributed by atoms with van der Waals surface area (Å²) in [7, 11) is 8.89. The van der Waals surface area contributed by atoms with Crippen molar-refractivity contribution in [3.8, 4) is 23.0 Å².